The zero-order chi connectivity index (χ0) is 23.3. The van der Waals surface area contributed by atoms with Gasteiger partial charge in [-0.2, -0.15) is 0 Å². The molecule has 4 nitrogen and oxygen atoms in total. The van der Waals surface area contributed by atoms with Crippen LogP contribution in [-0.4, -0.2) is 60.8 Å². The maximum Gasteiger partial charge on any atom is 2.00 e. The van der Waals surface area contributed by atoms with Crippen LogP contribution in [0.5, 0.6) is 0 Å². The van der Waals surface area contributed by atoms with Crippen LogP contribution in [0.15, 0.2) is 65.3 Å². The number of alkyl halides is 2. The standard InChI is InChI=1S/C19H10N3O.C4H10.C2H6.CH2Cl2.Sr/c1-2-8-16-13(5-1)18-12(6-3-9-17(18)23-16)15-11-21-14-7-4-10-20-19(14)22-15;1-3-4-2;1-2;2-1-3;/h1-5,7-11H;3-4H2,1-2H3;1-2H3;1H2;/q-1;;;;+2/p+1. The molecule has 0 saturated carbocycles. The molecular formula is C26H29Cl2N3OSr+2. The summed E-state index contributed by atoms with van der Waals surface area (Å²) in [4.78, 5) is 12.2. The average Bonchev–Trinajstić information content (AvgIpc) is 3.24. The first kappa shape index (κ1) is 29.8. The number of nitrogens with zero attached hydrogens (tertiary/aromatic N) is 2. The predicted octanol–water partition coefficient (Wildman–Crippen LogP) is 7.68. The summed E-state index contributed by atoms with van der Waals surface area (Å²) in [5.41, 5.74) is 5.11. The van der Waals surface area contributed by atoms with Crippen molar-refractivity contribution in [3.63, 3.8) is 0 Å². The van der Waals surface area contributed by atoms with E-state index in [4.69, 9.17) is 27.6 Å². The van der Waals surface area contributed by atoms with Crippen LogP contribution in [0.25, 0.3) is 44.4 Å². The molecule has 5 rings (SSSR count). The monoisotopic (exact) mass is 557 g/mol. The van der Waals surface area contributed by atoms with E-state index in [2.05, 4.69) is 40.9 Å². The van der Waals surface area contributed by atoms with Crippen molar-refractivity contribution in [2.24, 2.45) is 0 Å². The number of rotatable bonds is 2. The van der Waals surface area contributed by atoms with Gasteiger partial charge in [-0.3, -0.25) is 9.97 Å². The molecule has 0 spiro atoms. The zero-order valence-electron chi connectivity index (χ0n) is 19.7. The Balaban J connectivity index is 0.000000479. The molecule has 0 aliphatic rings. The van der Waals surface area contributed by atoms with Crippen molar-refractivity contribution in [2.75, 3.05) is 5.34 Å². The second-order valence-electron chi connectivity index (χ2n) is 6.46. The van der Waals surface area contributed by atoms with Gasteiger partial charge in [0.05, 0.1) is 16.6 Å². The van der Waals surface area contributed by atoms with E-state index in [0.29, 0.717) is 0 Å². The Kier molecular flexibility index (Phi) is 14.8. The van der Waals surface area contributed by atoms with Gasteiger partial charge in [-0.15, -0.1) is 35.3 Å². The number of hydrogen-bond donors (Lipinski definition) is 0. The smallest absolute Gasteiger partial charge is 0.476 e. The topological polar surface area (TPSA) is 53.1 Å². The van der Waals surface area contributed by atoms with E-state index in [0.717, 1.165) is 44.4 Å². The summed E-state index contributed by atoms with van der Waals surface area (Å²) in [5, 5.41) is 2.31. The van der Waals surface area contributed by atoms with Gasteiger partial charge in [0.15, 0.2) is 5.52 Å². The summed E-state index contributed by atoms with van der Waals surface area (Å²) in [6.45, 7) is 8.36. The number of furan rings is 1. The molecule has 0 amide bonds. The minimum absolute atomic E-state index is 0. The van der Waals surface area contributed by atoms with Gasteiger partial charge < -0.3 is 4.42 Å². The van der Waals surface area contributed by atoms with Crippen LogP contribution in [-0.2, 0) is 0 Å². The van der Waals surface area contributed by atoms with Gasteiger partial charge in [0, 0.05) is 6.20 Å². The van der Waals surface area contributed by atoms with Crippen LogP contribution in [0.1, 0.15) is 40.5 Å². The van der Waals surface area contributed by atoms with Crippen molar-refractivity contribution in [3.8, 4) is 11.3 Å². The summed E-state index contributed by atoms with van der Waals surface area (Å²) in [6, 6.07) is 18.9. The summed E-state index contributed by atoms with van der Waals surface area (Å²) in [5.74, 6) is 0. The first-order valence-electron chi connectivity index (χ1n) is 10.8. The Hall–Kier alpha value is -1.21. The van der Waals surface area contributed by atoms with Crippen LogP contribution >= 0.6 is 23.2 Å². The number of halogens is 2. The van der Waals surface area contributed by atoms with Crippen LogP contribution in [0.4, 0.5) is 0 Å². The Morgan fingerprint density at radius 2 is 1.64 bits per heavy atom. The second kappa shape index (κ2) is 16.4. The van der Waals surface area contributed by atoms with Crippen LogP contribution in [0, 0.1) is 6.07 Å². The molecule has 168 valence electrons. The van der Waals surface area contributed by atoms with Crippen molar-refractivity contribution in [2.45, 2.75) is 40.5 Å². The number of fused-ring (bicyclic) bond motifs is 4. The van der Waals surface area contributed by atoms with Crippen molar-refractivity contribution in [1.29, 1.82) is 0 Å². The SMILES string of the molecule is CC.CCCC.ClCCl.[Sr+2].[c-]1ccc2oc3ccccc3c2c1-c1cnc2cccnc2[nH+]1. The summed E-state index contributed by atoms with van der Waals surface area (Å²) < 4.78 is 5.93. The molecule has 0 radical (unpaired) electrons. The number of H-pyrrole nitrogens is 1. The van der Waals surface area contributed by atoms with E-state index in [1.54, 1.807) is 6.20 Å². The summed E-state index contributed by atoms with van der Waals surface area (Å²) in [6.07, 6.45) is 6.21. The van der Waals surface area contributed by atoms with E-state index >= 15 is 0 Å². The molecule has 0 aliphatic heterocycles. The van der Waals surface area contributed by atoms with Crippen molar-refractivity contribution in [3.05, 3.63) is 67.0 Å². The number of pyridine rings is 1. The van der Waals surface area contributed by atoms with Gasteiger partial charge >= 0.3 is 51.1 Å². The van der Waals surface area contributed by atoms with Gasteiger partial charge in [-0.05, 0) is 28.6 Å². The van der Waals surface area contributed by atoms with Gasteiger partial charge in [-0.25, -0.2) is 0 Å². The molecule has 0 bridgehead atoms. The maximum absolute atomic E-state index is 5.93. The minimum atomic E-state index is 0. The molecule has 33 heavy (non-hydrogen) atoms. The first-order valence-corrected chi connectivity index (χ1v) is 11.9. The zero-order valence-corrected chi connectivity index (χ0v) is 24.6. The number of nitrogens with one attached hydrogen (secondary N) is 1. The van der Waals surface area contributed by atoms with Gasteiger partial charge in [0.2, 0.25) is 0 Å². The molecule has 0 fully saturated rings. The number of aromatic nitrogens is 3. The molecule has 5 aromatic rings. The predicted molar refractivity (Wildman–Crippen MR) is 142 cm³/mol. The number of para-hydroxylation sites is 1. The summed E-state index contributed by atoms with van der Waals surface area (Å²) >= 11 is 9.53. The Bertz CT molecular complexity index is 1240. The molecule has 0 aliphatic carbocycles. The van der Waals surface area contributed by atoms with E-state index in [9.17, 15) is 0 Å². The van der Waals surface area contributed by atoms with Crippen molar-refractivity contribution < 1.29 is 9.40 Å². The molecule has 2 aromatic carbocycles. The molecule has 0 saturated heterocycles. The molecule has 3 heterocycles. The number of unbranched alkanes of at least 4 members (excludes halogenated alkanes) is 1. The van der Waals surface area contributed by atoms with Crippen molar-refractivity contribution >= 4 is 102 Å². The fourth-order valence-electron chi connectivity index (χ4n) is 2.94. The Morgan fingerprint density at radius 3 is 2.33 bits per heavy atom. The third kappa shape index (κ3) is 7.91. The second-order valence-corrected chi connectivity index (χ2v) is 7.27. The third-order valence-electron chi connectivity index (χ3n) is 4.48. The molecular weight excluding hydrogens is 529 g/mol. The molecule has 7 heteroatoms. The normalized spacial score (nSPS) is 9.64. The summed E-state index contributed by atoms with van der Waals surface area (Å²) in [7, 11) is 0. The largest absolute Gasteiger partial charge is 2.00 e. The van der Waals surface area contributed by atoms with Crippen LogP contribution in [0.3, 0.4) is 0 Å². The van der Waals surface area contributed by atoms with Crippen LogP contribution in [0.2, 0.25) is 0 Å². The average molecular weight is 558 g/mol. The number of hydrogen-bond acceptors (Lipinski definition) is 3. The quantitative estimate of drug-likeness (QED) is 0.127. The molecule has 3 aromatic heterocycles. The maximum atomic E-state index is 5.93. The van der Waals surface area contributed by atoms with E-state index in [1.807, 2.05) is 62.5 Å². The molecule has 0 unspecified atom stereocenters. The fourth-order valence-corrected chi connectivity index (χ4v) is 2.94. The first-order chi connectivity index (χ1) is 15.7. The fraction of sp³-hybridized carbons (Fsp3) is 0.269. The van der Waals surface area contributed by atoms with Crippen molar-refractivity contribution in [1.82, 2.24) is 9.97 Å². The van der Waals surface area contributed by atoms with Gasteiger partial charge in [0.1, 0.15) is 11.8 Å². The third-order valence-corrected chi connectivity index (χ3v) is 4.48. The van der Waals surface area contributed by atoms with Crippen LogP contribution < -0.4 is 4.98 Å². The Labute approximate surface area is 243 Å². The van der Waals surface area contributed by atoms with Gasteiger partial charge in [0.25, 0.3) is 0 Å². The molecule has 0 atom stereocenters. The number of aromatic amines is 1. The number of benzene rings is 2. The Morgan fingerprint density at radius 1 is 0.939 bits per heavy atom. The minimum Gasteiger partial charge on any atom is -0.476 e. The van der Waals surface area contributed by atoms with E-state index in [1.165, 1.54) is 12.8 Å². The van der Waals surface area contributed by atoms with E-state index < -0.39 is 0 Å². The van der Waals surface area contributed by atoms with Gasteiger partial charge in [-0.1, -0.05) is 75.8 Å². The molecule has 1 N–H and O–H groups in total. The van der Waals surface area contributed by atoms with E-state index in [-0.39, 0.29) is 50.8 Å².